The molecule has 0 radical (unpaired) electrons. The number of aliphatic hydroxyl groups is 1. The van der Waals surface area contributed by atoms with Crippen LogP contribution in [0.1, 0.15) is 37.8 Å². The lowest BCUT2D eigenvalue weighted by Crippen LogP contribution is -2.35. The summed E-state index contributed by atoms with van der Waals surface area (Å²) in [5, 5.41) is 12.9. The zero-order valence-electron chi connectivity index (χ0n) is 10.6. The standard InChI is InChI=1S/C14H20N2O2/c17-13(11-14(18)7-2-3-8-14)16-10-6-12-5-1-4-9-15-12/h1,4-5,9,18H,2-3,6-8,10-11H2,(H,16,17). The van der Waals surface area contributed by atoms with Crippen LogP contribution in [0.4, 0.5) is 0 Å². The van der Waals surface area contributed by atoms with Crippen LogP contribution in [0, 0.1) is 0 Å². The van der Waals surface area contributed by atoms with Crippen molar-refractivity contribution in [2.75, 3.05) is 6.54 Å². The van der Waals surface area contributed by atoms with Crippen molar-refractivity contribution in [2.45, 2.75) is 44.1 Å². The maximum absolute atomic E-state index is 11.7. The Morgan fingerprint density at radius 1 is 1.39 bits per heavy atom. The minimum absolute atomic E-state index is 0.0599. The number of pyridine rings is 1. The molecule has 4 nitrogen and oxygen atoms in total. The van der Waals surface area contributed by atoms with Gasteiger partial charge in [0.15, 0.2) is 0 Å². The topological polar surface area (TPSA) is 62.2 Å². The number of aromatic nitrogens is 1. The number of hydrogen-bond acceptors (Lipinski definition) is 3. The first-order chi connectivity index (χ1) is 8.68. The molecule has 0 aromatic carbocycles. The molecule has 1 aromatic rings. The highest BCUT2D eigenvalue weighted by atomic mass is 16.3. The van der Waals surface area contributed by atoms with E-state index in [0.717, 1.165) is 37.8 Å². The van der Waals surface area contributed by atoms with Gasteiger partial charge in [0.1, 0.15) is 0 Å². The average molecular weight is 248 g/mol. The zero-order chi connectivity index (χ0) is 12.8. The third-order valence-electron chi connectivity index (χ3n) is 3.45. The van der Waals surface area contributed by atoms with Gasteiger partial charge in [-0.25, -0.2) is 0 Å². The van der Waals surface area contributed by atoms with Crippen molar-refractivity contribution in [2.24, 2.45) is 0 Å². The molecule has 0 bridgehead atoms. The molecular formula is C14H20N2O2. The highest BCUT2D eigenvalue weighted by Crippen LogP contribution is 2.32. The van der Waals surface area contributed by atoms with E-state index in [1.807, 2.05) is 18.2 Å². The van der Waals surface area contributed by atoms with E-state index in [-0.39, 0.29) is 12.3 Å². The van der Waals surface area contributed by atoms with E-state index in [0.29, 0.717) is 6.54 Å². The lowest BCUT2D eigenvalue weighted by molar-refractivity contribution is -0.125. The van der Waals surface area contributed by atoms with E-state index in [2.05, 4.69) is 10.3 Å². The van der Waals surface area contributed by atoms with Gasteiger partial charge in [0, 0.05) is 24.9 Å². The molecular weight excluding hydrogens is 228 g/mol. The van der Waals surface area contributed by atoms with Gasteiger partial charge in [0.25, 0.3) is 0 Å². The van der Waals surface area contributed by atoms with E-state index < -0.39 is 5.60 Å². The van der Waals surface area contributed by atoms with Crippen LogP contribution in [0.5, 0.6) is 0 Å². The van der Waals surface area contributed by atoms with Gasteiger partial charge in [0.05, 0.1) is 12.0 Å². The number of amides is 1. The van der Waals surface area contributed by atoms with Crippen LogP contribution >= 0.6 is 0 Å². The van der Waals surface area contributed by atoms with Crippen molar-refractivity contribution in [1.29, 1.82) is 0 Å². The van der Waals surface area contributed by atoms with Crippen molar-refractivity contribution in [3.8, 4) is 0 Å². The Balaban J connectivity index is 1.69. The molecule has 0 aliphatic heterocycles. The van der Waals surface area contributed by atoms with Crippen LogP contribution in [0.15, 0.2) is 24.4 Å². The fraction of sp³-hybridized carbons (Fsp3) is 0.571. The first-order valence-electron chi connectivity index (χ1n) is 6.57. The van der Waals surface area contributed by atoms with Gasteiger partial charge in [0.2, 0.25) is 5.91 Å². The molecule has 0 atom stereocenters. The van der Waals surface area contributed by atoms with Gasteiger partial charge in [-0.1, -0.05) is 18.9 Å². The molecule has 18 heavy (non-hydrogen) atoms. The highest BCUT2D eigenvalue weighted by Gasteiger charge is 2.33. The Hall–Kier alpha value is -1.42. The number of rotatable bonds is 5. The molecule has 1 aliphatic rings. The molecule has 1 fully saturated rings. The average Bonchev–Trinajstić information content (AvgIpc) is 2.77. The molecule has 0 unspecified atom stereocenters. The van der Waals surface area contributed by atoms with Crippen LogP contribution in [0.3, 0.4) is 0 Å². The Bertz CT molecular complexity index is 386. The van der Waals surface area contributed by atoms with Crippen LogP contribution in [-0.4, -0.2) is 28.1 Å². The lowest BCUT2D eigenvalue weighted by Gasteiger charge is -2.21. The number of carbonyl (C=O) groups excluding carboxylic acids is 1. The van der Waals surface area contributed by atoms with Crippen LogP contribution in [0.25, 0.3) is 0 Å². The van der Waals surface area contributed by atoms with Crippen molar-refractivity contribution >= 4 is 5.91 Å². The molecule has 4 heteroatoms. The predicted octanol–water partition coefficient (Wildman–Crippen LogP) is 1.44. The van der Waals surface area contributed by atoms with Gasteiger partial charge in [-0.3, -0.25) is 9.78 Å². The largest absolute Gasteiger partial charge is 0.389 e. The third kappa shape index (κ3) is 3.81. The van der Waals surface area contributed by atoms with Crippen LogP contribution in [-0.2, 0) is 11.2 Å². The van der Waals surface area contributed by atoms with Gasteiger partial charge >= 0.3 is 0 Å². The van der Waals surface area contributed by atoms with Crippen molar-refractivity contribution in [1.82, 2.24) is 10.3 Å². The van der Waals surface area contributed by atoms with Crippen LogP contribution < -0.4 is 5.32 Å². The Morgan fingerprint density at radius 3 is 2.83 bits per heavy atom. The van der Waals surface area contributed by atoms with E-state index in [4.69, 9.17) is 0 Å². The summed E-state index contributed by atoms with van der Waals surface area (Å²) in [6.07, 6.45) is 6.26. The second-order valence-corrected chi connectivity index (χ2v) is 5.03. The van der Waals surface area contributed by atoms with Crippen molar-refractivity contribution in [3.63, 3.8) is 0 Å². The fourth-order valence-electron chi connectivity index (χ4n) is 2.45. The molecule has 0 spiro atoms. The van der Waals surface area contributed by atoms with Crippen molar-refractivity contribution in [3.05, 3.63) is 30.1 Å². The second kappa shape index (κ2) is 5.96. The summed E-state index contributed by atoms with van der Waals surface area (Å²) >= 11 is 0. The minimum Gasteiger partial charge on any atom is -0.389 e. The Labute approximate surface area is 107 Å². The van der Waals surface area contributed by atoms with Gasteiger partial charge < -0.3 is 10.4 Å². The summed E-state index contributed by atoms with van der Waals surface area (Å²) in [6.45, 7) is 0.575. The maximum atomic E-state index is 11.7. The maximum Gasteiger partial charge on any atom is 0.222 e. The fourth-order valence-corrected chi connectivity index (χ4v) is 2.45. The summed E-state index contributed by atoms with van der Waals surface area (Å²) in [5.74, 6) is -0.0599. The van der Waals surface area contributed by atoms with Gasteiger partial charge in [-0.05, 0) is 25.0 Å². The minimum atomic E-state index is -0.755. The molecule has 1 heterocycles. The molecule has 0 saturated heterocycles. The highest BCUT2D eigenvalue weighted by molar-refractivity contribution is 5.77. The normalized spacial score (nSPS) is 17.6. The molecule has 1 aromatic heterocycles. The third-order valence-corrected chi connectivity index (χ3v) is 3.45. The summed E-state index contributed by atoms with van der Waals surface area (Å²) in [7, 11) is 0. The van der Waals surface area contributed by atoms with E-state index in [1.54, 1.807) is 6.20 Å². The Kier molecular flexibility index (Phi) is 4.31. The number of carbonyl (C=O) groups is 1. The number of nitrogens with one attached hydrogen (secondary N) is 1. The molecule has 2 rings (SSSR count). The van der Waals surface area contributed by atoms with Crippen LogP contribution in [0.2, 0.25) is 0 Å². The predicted molar refractivity (Wildman–Crippen MR) is 69.0 cm³/mol. The van der Waals surface area contributed by atoms with E-state index in [9.17, 15) is 9.90 Å². The quantitative estimate of drug-likeness (QED) is 0.828. The lowest BCUT2D eigenvalue weighted by atomic mass is 9.98. The first kappa shape index (κ1) is 13.0. The smallest absolute Gasteiger partial charge is 0.222 e. The Morgan fingerprint density at radius 2 is 2.17 bits per heavy atom. The molecule has 1 aliphatic carbocycles. The second-order valence-electron chi connectivity index (χ2n) is 5.03. The summed E-state index contributed by atoms with van der Waals surface area (Å²) in [4.78, 5) is 15.9. The van der Waals surface area contributed by atoms with Crippen molar-refractivity contribution < 1.29 is 9.90 Å². The molecule has 98 valence electrons. The van der Waals surface area contributed by atoms with Gasteiger partial charge in [-0.2, -0.15) is 0 Å². The van der Waals surface area contributed by atoms with E-state index in [1.165, 1.54) is 0 Å². The number of hydrogen-bond donors (Lipinski definition) is 2. The summed E-state index contributed by atoms with van der Waals surface area (Å²) < 4.78 is 0. The SMILES string of the molecule is O=C(CC1(O)CCCC1)NCCc1ccccn1. The summed E-state index contributed by atoms with van der Waals surface area (Å²) in [5.41, 5.74) is 0.215. The monoisotopic (exact) mass is 248 g/mol. The summed E-state index contributed by atoms with van der Waals surface area (Å²) in [6, 6.07) is 5.75. The van der Waals surface area contributed by atoms with E-state index >= 15 is 0 Å². The molecule has 2 N–H and O–H groups in total. The van der Waals surface area contributed by atoms with Gasteiger partial charge in [-0.15, -0.1) is 0 Å². The first-order valence-corrected chi connectivity index (χ1v) is 6.57. The number of nitrogens with zero attached hydrogens (tertiary/aromatic N) is 1. The zero-order valence-corrected chi connectivity index (χ0v) is 10.6. The molecule has 1 amide bonds. The molecule has 1 saturated carbocycles.